The zero-order chi connectivity index (χ0) is 8.97. The van der Waals surface area contributed by atoms with E-state index in [1.165, 1.54) is 0 Å². The first-order valence-corrected chi connectivity index (χ1v) is 4.16. The van der Waals surface area contributed by atoms with Crippen LogP contribution >= 0.6 is 11.6 Å². The minimum Gasteiger partial charge on any atom is -0.300 e. The molecule has 0 unspecified atom stereocenters. The van der Waals surface area contributed by atoms with E-state index in [1.807, 2.05) is 0 Å². The second-order valence-corrected chi connectivity index (χ2v) is 3.08. The predicted molar refractivity (Wildman–Crippen MR) is 48.2 cm³/mol. The number of ketones is 1. The summed E-state index contributed by atoms with van der Waals surface area (Å²) in [6.45, 7) is 1.57. The molecule has 0 aliphatic heterocycles. The van der Waals surface area contributed by atoms with Crippen molar-refractivity contribution < 1.29 is 4.79 Å². The minimum atomic E-state index is 0.176. The average Bonchev–Trinajstić information content (AvgIpc) is 2.03. The summed E-state index contributed by atoms with van der Waals surface area (Å²) >= 11 is 5.86. The van der Waals surface area contributed by atoms with Gasteiger partial charge in [0.2, 0.25) is 0 Å². The number of aromatic nitrogens is 1. The second kappa shape index (κ2) is 4.21. The van der Waals surface area contributed by atoms with Gasteiger partial charge >= 0.3 is 0 Å². The van der Waals surface area contributed by atoms with Gasteiger partial charge in [0, 0.05) is 23.8 Å². The molecule has 0 saturated carbocycles. The Labute approximate surface area is 76.6 Å². The van der Waals surface area contributed by atoms with E-state index in [9.17, 15) is 4.79 Å². The van der Waals surface area contributed by atoms with Gasteiger partial charge in [0.1, 0.15) is 5.78 Å². The smallest absolute Gasteiger partial charge is 0.130 e. The zero-order valence-electron chi connectivity index (χ0n) is 6.88. The van der Waals surface area contributed by atoms with Crippen LogP contribution in [0.3, 0.4) is 0 Å². The summed E-state index contributed by atoms with van der Waals surface area (Å²) in [5.41, 5.74) is 0.939. The van der Waals surface area contributed by atoms with Crippen LogP contribution in [0.15, 0.2) is 18.5 Å². The van der Waals surface area contributed by atoms with Crippen molar-refractivity contribution in [1.82, 2.24) is 4.98 Å². The highest BCUT2D eigenvalue weighted by Gasteiger charge is 2.00. The molecular formula is C9H10ClNO. The molecule has 0 atom stereocenters. The number of nitrogens with zero attached hydrogens (tertiary/aromatic N) is 1. The molecule has 64 valence electrons. The number of Topliss-reactive ketones (excluding diaryl/α,β-unsaturated/α-hetero) is 1. The molecule has 0 N–H and O–H groups in total. The largest absolute Gasteiger partial charge is 0.300 e. The van der Waals surface area contributed by atoms with E-state index in [4.69, 9.17) is 11.6 Å². The third kappa shape index (κ3) is 2.62. The average molecular weight is 184 g/mol. The molecule has 2 nitrogen and oxygen atoms in total. The molecule has 0 amide bonds. The third-order valence-electron chi connectivity index (χ3n) is 1.59. The molecule has 1 rings (SSSR count). The highest BCUT2D eigenvalue weighted by Crippen LogP contribution is 2.14. The van der Waals surface area contributed by atoms with Crippen LogP contribution in [-0.4, -0.2) is 10.8 Å². The molecule has 0 saturated heterocycles. The highest BCUT2D eigenvalue weighted by atomic mass is 35.5. The molecule has 12 heavy (non-hydrogen) atoms. The maximum absolute atomic E-state index is 10.7. The quantitative estimate of drug-likeness (QED) is 0.720. The summed E-state index contributed by atoms with van der Waals surface area (Å²) in [7, 11) is 0. The van der Waals surface area contributed by atoms with Crippen molar-refractivity contribution in [3.05, 3.63) is 29.0 Å². The third-order valence-corrected chi connectivity index (χ3v) is 1.96. The molecule has 0 aliphatic rings. The molecular weight excluding hydrogens is 174 g/mol. The van der Waals surface area contributed by atoms with Crippen molar-refractivity contribution in [3.8, 4) is 0 Å². The van der Waals surface area contributed by atoms with Crippen LogP contribution in [-0.2, 0) is 11.2 Å². The van der Waals surface area contributed by atoms with Crippen LogP contribution < -0.4 is 0 Å². The predicted octanol–water partition coefficient (Wildman–Crippen LogP) is 2.26. The molecule has 1 aromatic rings. The van der Waals surface area contributed by atoms with E-state index in [0.717, 1.165) is 5.56 Å². The zero-order valence-corrected chi connectivity index (χ0v) is 7.64. The Bertz CT molecular complexity index is 286. The van der Waals surface area contributed by atoms with Crippen LogP contribution in [0.5, 0.6) is 0 Å². The number of carbonyl (C=O) groups excluding carboxylic acids is 1. The van der Waals surface area contributed by atoms with Gasteiger partial charge in [-0.1, -0.05) is 11.6 Å². The topological polar surface area (TPSA) is 30.0 Å². The number of halogens is 1. The Morgan fingerprint density at radius 2 is 2.42 bits per heavy atom. The lowest BCUT2D eigenvalue weighted by Gasteiger charge is -1.99. The number of rotatable bonds is 3. The van der Waals surface area contributed by atoms with Gasteiger partial charge in [-0.2, -0.15) is 0 Å². The minimum absolute atomic E-state index is 0.176. The Kier molecular flexibility index (Phi) is 3.23. The SMILES string of the molecule is CC(=O)CCc1cnccc1Cl. The summed E-state index contributed by atoms with van der Waals surface area (Å²) in [4.78, 5) is 14.6. The molecule has 0 aliphatic carbocycles. The Morgan fingerprint density at radius 1 is 1.67 bits per heavy atom. The molecule has 1 aromatic heterocycles. The molecule has 1 heterocycles. The monoisotopic (exact) mass is 183 g/mol. The fourth-order valence-electron chi connectivity index (χ4n) is 0.905. The van der Waals surface area contributed by atoms with Crippen molar-refractivity contribution in [2.75, 3.05) is 0 Å². The molecule has 0 fully saturated rings. The first-order chi connectivity index (χ1) is 5.70. The lowest BCUT2D eigenvalue weighted by molar-refractivity contribution is -0.116. The van der Waals surface area contributed by atoms with E-state index in [1.54, 1.807) is 25.4 Å². The van der Waals surface area contributed by atoms with Gasteiger partial charge in [0.05, 0.1) is 0 Å². The molecule has 0 spiro atoms. The van der Waals surface area contributed by atoms with E-state index in [2.05, 4.69) is 4.98 Å². The Morgan fingerprint density at radius 3 is 3.00 bits per heavy atom. The number of aryl methyl sites for hydroxylation is 1. The number of hydrogen-bond donors (Lipinski definition) is 0. The fraction of sp³-hybridized carbons (Fsp3) is 0.333. The van der Waals surface area contributed by atoms with Crippen LogP contribution in [0.25, 0.3) is 0 Å². The van der Waals surface area contributed by atoms with Gasteiger partial charge < -0.3 is 4.79 Å². The summed E-state index contributed by atoms with van der Waals surface area (Å²) in [5.74, 6) is 0.176. The van der Waals surface area contributed by atoms with Crippen LogP contribution in [0.4, 0.5) is 0 Å². The maximum Gasteiger partial charge on any atom is 0.130 e. The van der Waals surface area contributed by atoms with Crippen molar-refractivity contribution in [2.24, 2.45) is 0 Å². The Balaban J connectivity index is 2.63. The summed E-state index contributed by atoms with van der Waals surface area (Å²) in [6.07, 6.45) is 4.55. The van der Waals surface area contributed by atoms with Crippen molar-refractivity contribution in [3.63, 3.8) is 0 Å². The molecule has 3 heteroatoms. The standard InChI is InChI=1S/C9H10ClNO/c1-7(12)2-3-8-6-11-5-4-9(8)10/h4-6H,2-3H2,1H3. The van der Waals surface area contributed by atoms with E-state index >= 15 is 0 Å². The van der Waals surface area contributed by atoms with Crippen LogP contribution in [0.1, 0.15) is 18.9 Å². The number of pyridine rings is 1. The molecule has 0 bridgehead atoms. The van der Waals surface area contributed by atoms with Crippen molar-refractivity contribution >= 4 is 17.4 Å². The van der Waals surface area contributed by atoms with Gasteiger partial charge in [-0.3, -0.25) is 4.98 Å². The lowest BCUT2D eigenvalue weighted by atomic mass is 10.1. The Hall–Kier alpha value is -0.890. The number of carbonyl (C=O) groups is 1. The van der Waals surface area contributed by atoms with Crippen LogP contribution in [0, 0.1) is 0 Å². The van der Waals surface area contributed by atoms with Gasteiger partial charge in [-0.15, -0.1) is 0 Å². The first-order valence-electron chi connectivity index (χ1n) is 3.78. The van der Waals surface area contributed by atoms with E-state index in [0.29, 0.717) is 17.9 Å². The second-order valence-electron chi connectivity index (χ2n) is 2.67. The maximum atomic E-state index is 10.7. The normalized spacial score (nSPS) is 9.83. The van der Waals surface area contributed by atoms with Crippen LogP contribution in [0.2, 0.25) is 5.02 Å². The van der Waals surface area contributed by atoms with Gasteiger partial charge in [-0.25, -0.2) is 0 Å². The number of hydrogen-bond acceptors (Lipinski definition) is 2. The molecule has 0 radical (unpaired) electrons. The molecule has 0 aromatic carbocycles. The summed E-state index contributed by atoms with van der Waals surface area (Å²) in [5, 5.41) is 0.686. The lowest BCUT2D eigenvalue weighted by Crippen LogP contribution is -1.94. The van der Waals surface area contributed by atoms with E-state index in [-0.39, 0.29) is 5.78 Å². The van der Waals surface area contributed by atoms with Crippen molar-refractivity contribution in [1.29, 1.82) is 0 Å². The highest BCUT2D eigenvalue weighted by molar-refractivity contribution is 6.31. The van der Waals surface area contributed by atoms with E-state index < -0.39 is 0 Å². The summed E-state index contributed by atoms with van der Waals surface area (Å²) < 4.78 is 0. The van der Waals surface area contributed by atoms with Gasteiger partial charge in [0.15, 0.2) is 0 Å². The van der Waals surface area contributed by atoms with Gasteiger partial charge in [0.25, 0.3) is 0 Å². The summed E-state index contributed by atoms with van der Waals surface area (Å²) in [6, 6.07) is 1.73. The first kappa shape index (κ1) is 9.20. The van der Waals surface area contributed by atoms with Crippen molar-refractivity contribution in [2.45, 2.75) is 19.8 Å². The fourth-order valence-corrected chi connectivity index (χ4v) is 1.10. The van der Waals surface area contributed by atoms with Gasteiger partial charge in [-0.05, 0) is 25.0 Å².